The van der Waals surface area contributed by atoms with Crippen molar-refractivity contribution in [3.05, 3.63) is 72.1 Å². The molecule has 1 aliphatic heterocycles. The van der Waals surface area contributed by atoms with Gasteiger partial charge in [-0.3, -0.25) is 9.78 Å². The van der Waals surface area contributed by atoms with Crippen molar-refractivity contribution in [1.82, 2.24) is 19.9 Å². The number of ether oxygens (including phenoxy) is 1. The quantitative estimate of drug-likeness (QED) is 0.479. The number of para-hydroxylation sites is 1. The highest BCUT2D eigenvalue weighted by atomic mass is 16.5. The van der Waals surface area contributed by atoms with Crippen molar-refractivity contribution < 1.29 is 14.1 Å². The lowest BCUT2D eigenvalue weighted by atomic mass is 9.98. The average Bonchev–Trinajstić information content (AvgIpc) is 3.19. The number of hydrogen-bond donors (Lipinski definition) is 1. The first kappa shape index (κ1) is 21.1. The summed E-state index contributed by atoms with van der Waals surface area (Å²) in [5.41, 5.74) is 3.86. The van der Waals surface area contributed by atoms with Crippen LogP contribution in [0.1, 0.15) is 28.9 Å². The summed E-state index contributed by atoms with van der Waals surface area (Å²) in [6, 6.07) is 18.1. The van der Waals surface area contributed by atoms with E-state index in [-0.39, 0.29) is 5.91 Å². The van der Waals surface area contributed by atoms with E-state index >= 15 is 0 Å². The van der Waals surface area contributed by atoms with E-state index in [4.69, 9.17) is 4.74 Å². The van der Waals surface area contributed by atoms with Gasteiger partial charge in [0, 0.05) is 24.6 Å². The fourth-order valence-electron chi connectivity index (χ4n) is 4.44. The maximum absolute atomic E-state index is 13.3. The summed E-state index contributed by atoms with van der Waals surface area (Å²) in [6.45, 7) is 4.05. The molecule has 0 aliphatic carbocycles. The first-order valence-corrected chi connectivity index (χ1v) is 11.4. The van der Waals surface area contributed by atoms with Gasteiger partial charge in [-0.15, -0.1) is 0 Å². The minimum atomic E-state index is -0.0764. The highest BCUT2D eigenvalue weighted by Gasteiger charge is 2.29. The van der Waals surface area contributed by atoms with E-state index in [1.807, 2.05) is 78.0 Å². The SMILES string of the molecule is Cc1ccccc1OCC1CCCN(C(=O)c2cnc3[nH]c(-c4ccccc4)[n+](C)c3n2)C1. The number of nitrogens with zero attached hydrogens (tertiary/aromatic N) is 4. The number of likely N-dealkylation sites (tertiary alicyclic amines) is 1. The fraction of sp³-hybridized carbons (Fsp3) is 0.308. The summed E-state index contributed by atoms with van der Waals surface area (Å²) in [7, 11) is 1.93. The van der Waals surface area contributed by atoms with E-state index in [2.05, 4.69) is 15.0 Å². The molecule has 7 nitrogen and oxygen atoms in total. The van der Waals surface area contributed by atoms with E-state index in [1.165, 1.54) is 0 Å². The zero-order chi connectivity index (χ0) is 22.8. The van der Waals surface area contributed by atoms with E-state index in [0.717, 1.165) is 42.1 Å². The lowest BCUT2D eigenvalue weighted by Gasteiger charge is -2.32. The predicted molar refractivity (Wildman–Crippen MR) is 126 cm³/mol. The van der Waals surface area contributed by atoms with Crippen molar-refractivity contribution in [1.29, 1.82) is 0 Å². The van der Waals surface area contributed by atoms with Crippen LogP contribution in [0.2, 0.25) is 0 Å². The van der Waals surface area contributed by atoms with E-state index in [0.29, 0.717) is 36.1 Å². The van der Waals surface area contributed by atoms with Gasteiger partial charge in [-0.2, -0.15) is 0 Å². The number of fused-ring (bicyclic) bond motifs is 1. The molecular formula is C26H28N5O2+. The Balaban J connectivity index is 1.31. The molecule has 2 aromatic heterocycles. The smallest absolute Gasteiger partial charge is 0.322 e. The molecule has 3 heterocycles. The molecule has 1 amide bonds. The second-order valence-corrected chi connectivity index (χ2v) is 8.66. The highest BCUT2D eigenvalue weighted by molar-refractivity contribution is 5.93. The highest BCUT2D eigenvalue weighted by Crippen LogP contribution is 2.22. The Labute approximate surface area is 193 Å². The Morgan fingerprint density at radius 1 is 1.18 bits per heavy atom. The van der Waals surface area contributed by atoms with Crippen LogP contribution in [0.25, 0.3) is 22.7 Å². The maximum Gasteiger partial charge on any atom is 0.322 e. The number of carbonyl (C=O) groups excluding carboxylic acids is 1. The molecule has 1 aliphatic rings. The van der Waals surface area contributed by atoms with Crippen molar-refractivity contribution in [2.24, 2.45) is 13.0 Å². The van der Waals surface area contributed by atoms with Crippen LogP contribution in [-0.4, -0.2) is 45.5 Å². The molecule has 33 heavy (non-hydrogen) atoms. The number of aromatic amines is 1. The standard InChI is InChI=1S/C26H27N5O2/c1-18-9-6-7-13-22(18)33-17-19-10-8-14-31(16-19)26(32)21-15-27-23-25(28-21)30(2)24(29-23)20-11-4-3-5-12-20/h3-7,9,11-13,15,19H,8,10,14,16-17H2,1-2H3/p+1. The van der Waals surface area contributed by atoms with Crippen molar-refractivity contribution >= 4 is 17.2 Å². The number of aryl methyl sites for hydroxylation is 2. The van der Waals surface area contributed by atoms with Crippen LogP contribution < -0.4 is 9.30 Å². The van der Waals surface area contributed by atoms with E-state index in [1.54, 1.807) is 6.20 Å². The minimum Gasteiger partial charge on any atom is -0.493 e. The van der Waals surface area contributed by atoms with Crippen molar-refractivity contribution in [2.75, 3.05) is 19.7 Å². The number of piperidine rings is 1. The van der Waals surface area contributed by atoms with E-state index < -0.39 is 0 Å². The second kappa shape index (κ2) is 9.02. The third-order valence-corrected chi connectivity index (χ3v) is 6.28. The number of aromatic nitrogens is 4. The van der Waals surface area contributed by atoms with Crippen molar-refractivity contribution in [3.63, 3.8) is 0 Å². The number of benzene rings is 2. The number of H-pyrrole nitrogens is 1. The zero-order valence-electron chi connectivity index (χ0n) is 19.0. The summed E-state index contributed by atoms with van der Waals surface area (Å²) < 4.78 is 8.00. The lowest BCUT2D eigenvalue weighted by Crippen LogP contribution is -2.42. The van der Waals surface area contributed by atoms with Crippen LogP contribution in [0.5, 0.6) is 5.75 Å². The lowest BCUT2D eigenvalue weighted by molar-refractivity contribution is -0.635. The van der Waals surface area contributed by atoms with Gasteiger partial charge in [0.15, 0.2) is 0 Å². The van der Waals surface area contributed by atoms with Gasteiger partial charge in [-0.1, -0.05) is 41.4 Å². The Bertz CT molecular complexity index is 1280. The summed E-state index contributed by atoms with van der Waals surface area (Å²) in [5.74, 6) is 2.03. The van der Waals surface area contributed by atoms with E-state index in [9.17, 15) is 4.79 Å². The molecule has 0 spiro atoms. The first-order chi connectivity index (χ1) is 16.1. The molecule has 168 valence electrons. The molecule has 0 radical (unpaired) electrons. The van der Waals surface area contributed by atoms with Crippen LogP contribution in [-0.2, 0) is 7.05 Å². The number of hydrogen-bond acceptors (Lipinski definition) is 4. The molecule has 1 unspecified atom stereocenters. The first-order valence-electron chi connectivity index (χ1n) is 11.4. The summed E-state index contributed by atoms with van der Waals surface area (Å²) in [6.07, 6.45) is 3.58. The van der Waals surface area contributed by atoms with Crippen molar-refractivity contribution in [2.45, 2.75) is 19.8 Å². The largest absolute Gasteiger partial charge is 0.493 e. The zero-order valence-corrected chi connectivity index (χ0v) is 19.0. The molecule has 1 saturated heterocycles. The van der Waals surface area contributed by atoms with Crippen LogP contribution in [0, 0.1) is 12.8 Å². The Hall–Kier alpha value is -3.74. The Kier molecular flexibility index (Phi) is 5.77. The van der Waals surface area contributed by atoms with Gasteiger partial charge in [0.25, 0.3) is 11.6 Å². The molecule has 2 aromatic carbocycles. The molecule has 0 bridgehead atoms. The Morgan fingerprint density at radius 2 is 1.97 bits per heavy atom. The van der Waals surface area contributed by atoms with Gasteiger partial charge in [-0.05, 0) is 43.5 Å². The third kappa shape index (κ3) is 4.31. The van der Waals surface area contributed by atoms with Crippen LogP contribution >= 0.6 is 0 Å². The fourth-order valence-corrected chi connectivity index (χ4v) is 4.44. The van der Waals surface area contributed by atoms with Crippen LogP contribution in [0.3, 0.4) is 0 Å². The molecule has 5 rings (SSSR count). The topological polar surface area (TPSA) is 75.0 Å². The van der Waals surface area contributed by atoms with Crippen molar-refractivity contribution in [3.8, 4) is 17.1 Å². The molecule has 4 aromatic rings. The molecule has 1 atom stereocenters. The molecule has 7 heteroatoms. The number of nitrogens with one attached hydrogen (secondary N) is 1. The van der Waals surface area contributed by atoms with Crippen LogP contribution in [0.4, 0.5) is 0 Å². The van der Waals surface area contributed by atoms with Gasteiger partial charge >= 0.3 is 5.65 Å². The van der Waals surface area contributed by atoms with Gasteiger partial charge in [0.1, 0.15) is 5.75 Å². The normalized spacial score (nSPS) is 16.2. The third-order valence-electron chi connectivity index (χ3n) is 6.28. The number of amides is 1. The monoisotopic (exact) mass is 442 g/mol. The second-order valence-electron chi connectivity index (χ2n) is 8.66. The van der Waals surface area contributed by atoms with Gasteiger partial charge in [0.05, 0.1) is 19.9 Å². The molecular weight excluding hydrogens is 414 g/mol. The molecule has 1 fully saturated rings. The summed E-state index contributed by atoms with van der Waals surface area (Å²) in [5, 5.41) is 0. The predicted octanol–water partition coefficient (Wildman–Crippen LogP) is 3.69. The Morgan fingerprint density at radius 3 is 2.79 bits per heavy atom. The average molecular weight is 443 g/mol. The summed E-state index contributed by atoms with van der Waals surface area (Å²) >= 11 is 0. The van der Waals surface area contributed by atoms with Gasteiger partial charge in [-0.25, -0.2) is 9.55 Å². The van der Waals surface area contributed by atoms with Crippen LogP contribution in [0.15, 0.2) is 60.8 Å². The maximum atomic E-state index is 13.3. The molecule has 1 N–H and O–H groups in total. The number of rotatable bonds is 5. The summed E-state index contributed by atoms with van der Waals surface area (Å²) in [4.78, 5) is 27.6. The molecule has 0 saturated carbocycles. The number of carbonyl (C=O) groups is 1. The van der Waals surface area contributed by atoms with Gasteiger partial charge < -0.3 is 9.64 Å². The van der Waals surface area contributed by atoms with Gasteiger partial charge in [0.2, 0.25) is 11.5 Å². The minimum absolute atomic E-state index is 0.0764. The number of imidazole rings is 1.